The van der Waals surface area contributed by atoms with Crippen LogP contribution < -0.4 is 11.1 Å². The van der Waals surface area contributed by atoms with Gasteiger partial charge in [0.1, 0.15) is 0 Å². The summed E-state index contributed by atoms with van der Waals surface area (Å²) >= 11 is 0. The molecule has 86 valence electrons. The van der Waals surface area contributed by atoms with Gasteiger partial charge in [0.05, 0.1) is 12.5 Å². The van der Waals surface area contributed by atoms with Crippen LogP contribution in [0.4, 0.5) is 0 Å². The van der Waals surface area contributed by atoms with Crippen LogP contribution in [0.3, 0.4) is 0 Å². The number of rotatable bonds is 7. The first-order valence-electron chi connectivity index (χ1n) is 5.48. The van der Waals surface area contributed by atoms with Crippen molar-refractivity contribution >= 4 is 5.91 Å². The van der Waals surface area contributed by atoms with E-state index in [1.165, 1.54) is 0 Å². The summed E-state index contributed by atoms with van der Waals surface area (Å²) in [6.07, 6.45) is 3.17. The Kier molecular flexibility index (Phi) is 7.65. The fraction of sp³-hybridized carbons (Fsp3) is 0.818. The molecule has 4 nitrogen and oxygen atoms in total. The summed E-state index contributed by atoms with van der Waals surface area (Å²) in [4.78, 5) is 11.4. The van der Waals surface area contributed by atoms with Crippen LogP contribution >= 0.6 is 0 Å². The minimum absolute atomic E-state index is 0.0162. The lowest BCUT2D eigenvalue weighted by atomic mass is 10.0. The van der Waals surface area contributed by atoms with Crippen LogP contribution in [0.25, 0.3) is 0 Å². The Balaban J connectivity index is 3.56. The van der Waals surface area contributed by atoms with Gasteiger partial charge in [0.15, 0.2) is 0 Å². The van der Waals surface area contributed by atoms with Gasteiger partial charge in [-0.1, -0.05) is 13.3 Å². The van der Waals surface area contributed by atoms with E-state index in [0.29, 0.717) is 13.0 Å². The minimum atomic E-state index is 0.0162. The highest BCUT2D eigenvalue weighted by atomic mass is 16.1. The van der Waals surface area contributed by atoms with E-state index in [0.717, 1.165) is 19.3 Å². The van der Waals surface area contributed by atoms with Crippen molar-refractivity contribution in [1.82, 2.24) is 5.32 Å². The van der Waals surface area contributed by atoms with Gasteiger partial charge in [0, 0.05) is 18.5 Å². The Labute approximate surface area is 91.8 Å². The number of hydrogen-bond donors (Lipinski definition) is 2. The molecule has 0 saturated carbocycles. The van der Waals surface area contributed by atoms with Crippen molar-refractivity contribution in [1.29, 1.82) is 5.26 Å². The highest BCUT2D eigenvalue weighted by Crippen LogP contribution is 2.08. The molecule has 0 aromatic carbocycles. The predicted molar refractivity (Wildman–Crippen MR) is 59.9 cm³/mol. The molecule has 0 aliphatic rings. The van der Waals surface area contributed by atoms with E-state index in [2.05, 4.69) is 5.32 Å². The number of nitrogens with two attached hydrogens (primary N) is 1. The van der Waals surface area contributed by atoms with Crippen LogP contribution in [0.1, 0.15) is 39.5 Å². The number of carbonyl (C=O) groups is 1. The highest BCUT2D eigenvalue weighted by molar-refractivity contribution is 5.78. The van der Waals surface area contributed by atoms with Crippen molar-refractivity contribution in [3.63, 3.8) is 0 Å². The molecule has 0 aromatic rings. The standard InChI is InChI=1S/C11H21N3O/c1-9(5-3-6-10(2)13)11(15)14-8-4-7-12/h9-10H,3-6,8,13H2,1-2H3,(H,14,15). The van der Waals surface area contributed by atoms with E-state index in [1.807, 2.05) is 19.9 Å². The monoisotopic (exact) mass is 211 g/mol. The number of nitriles is 1. The quantitative estimate of drug-likeness (QED) is 0.620. The molecule has 0 saturated heterocycles. The average molecular weight is 211 g/mol. The summed E-state index contributed by atoms with van der Waals surface area (Å²) in [6.45, 7) is 4.33. The van der Waals surface area contributed by atoms with Crippen LogP contribution in [0.2, 0.25) is 0 Å². The number of carbonyl (C=O) groups excluding carboxylic acids is 1. The van der Waals surface area contributed by atoms with Gasteiger partial charge < -0.3 is 11.1 Å². The molecule has 0 radical (unpaired) electrons. The maximum absolute atomic E-state index is 11.4. The van der Waals surface area contributed by atoms with E-state index in [-0.39, 0.29) is 17.9 Å². The van der Waals surface area contributed by atoms with E-state index in [4.69, 9.17) is 11.0 Å². The maximum atomic E-state index is 11.4. The van der Waals surface area contributed by atoms with Crippen molar-refractivity contribution < 1.29 is 4.79 Å². The number of hydrogen-bond acceptors (Lipinski definition) is 3. The van der Waals surface area contributed by atoms with E-state index < -0.39 is 0 Å². The number of amides is 1. The van der Waals surface area contributed by atoms with Gasteiger partial charge in [-0.3, -0.25) is 4.79 Å². The maximum Gasteiger partial charge on any atom is 0.222 e. The lowest BCUT2D eigenvalue weighted by Gasteiger charge is -2.11. The van der Waals surface area contributed by atoms with Crippen LogP contribution in [0, 0.1) is 17.2 Å². The summed E-state index contributed by atoms with van der Waals surface area (Å²) in [7, 11) is 0. The summed E-state index contributed by atoms with van der Waals surface area (Å²) < 4.78 is 0. The summed E-state index contributed by atoms with van der Waals surface area (Å²) in [6, 6.07) is 2.20. The summed E-state index contributed by atoms with van der Waals surface area (Å²) in [5.74, 6) is 0.0531. The second kappa shape index (κ2) is 8.25. The van der Waals surface area contributed by atoms with Gasteiger partial charge >= 0.3 is 0 Å². The molecular weight excluding hydrogens is 190 g/mol. The fourth-order valence-corrected chi connectivity index (χ4v) is 1.29. The number of nitrogens with one attached hydrogen (secondary N) is 1. The molecule has 0 aromatic heterocycles. The van der Waals surface area contributed by atoms with E-state index in [1.54, 1.807) is 0 Å². The molecule has 0 aliphatic carbocycles. The fourth-order valence-electron chi connectivity index (χ4n) is 1.29. The van der Waals surface area contributed by atoms with Gasteiger partial charge in [-0.25, -0.2) is 0 Å². The zero-order valence-electron chi connectivity index (χ0n) is 9.62. The molecule has 1 amide bonds. The van der Waals surface area contributed by atoms with Gasteiger partial charge in [-0.2, -0.15) is 5.26 Å². The first-order chi connectivity index (χ1) is 7.07. The third-order valence-corrected chi connectivity index (χ3v) is 2.28. The molecule has 3 N–H and O–H groups in total. The Morgan fingerprint density at radius 3 is 2.67 bits per heavy atom. The molecule has 2 unspecified atom stereocenters. The first kappa shape index (κ1) is 13.9. The molecule has 0 fully saturated rings. The molecule has 15 heavy (non-hydrogen) atoms. The Morgan fingerprint density at radius 1 is 1.47 bits per heavy atom. The Hall–Kier alpha value is -1.08. The third kappa shape index (κ3) is 7.95. The molecule has 4 heteroatoms. The van der Waals surface area contributed by atoms with Gasteiger partial charge in [-0.15, -0.1) is 0 Å². The molecule has 2 atom stereocenters. The Morgan fingerprint density at radius 2 is 2.13 bits per heavy atom. The normalized spacial score (nSPS) is 14.0. The van der Waals surface area contributed by atoms with E-state index in [9.17, 15) is 4.79 Å². The van der Waals surface area contributed by atoms with Crippen LogP contribution in [0.5, 0.6) is 0 Å². The van der Waals surface area contributed by atoms with Crippen LogP contribution in [0.15, 0.2) is 0 Å². The molecule has 0 aliphatic heterocycles. The summed E-state index contributed by atoms with van der Waals surface area (Å²) in [5.41, 5.74) is 5.62. The largest absolute Gasteiger partial charge is 0.355 e. The SMILES string of the molecule is CC(N)CCCC(C)C(=O)NCCC#N. The van der Waals surface area contributed by atoms with Gasteiger partial charge in [-0.05, 0) is 19.8 Å². The van der Waals surface area contributed by atoms with Crippen molar-refractivity contribution in [3.05, 3.63) is 0 Å². The van der Waals surface area contributed by atoms with E-state index >= 15 is 0 Å². The topological polar surface area (TPSA) is 78.9 Å². The molecule has 0 spiro atoms. The number of nitrogens with zero attached hydrogens (tertiary/aromatic N) is 1. The molecule has 0 heterocycles. The second-order valence-corrected chi connectivity index (χ2v) is 4.01. The van der Waals surface area contributed by atoms with Crippen molar-refractivity contribution in [2.45, 2.75) is 45.6 Å². The van der Waals surface area contributed by atoms with Gasteiger partial charge in [0.2, 0.25) is 5.91 Å². The lowest BCUT2D eigenvalue weighted by Crippen LogP contribution is -2.30. The average Bonchev–Trinajstić information content (AvgIpc) is 2.17. The van der Waals surface area contributed by atoms with Crippen molar-refractivity contribution in [3.8, 4) is 6.07 Å². The zero-order chi connectivity index (χ0) is 11.7. The van der Waals surface area contributed by atoms with Crippen molar-refractivity contribution in [2.75, 3.05) is 6.54 Å². The van der Waals surface area contributed by atoms with Crippen LogP contribution in [-0.4, -0.2) is 18.5 Å². The molecule has 0 bridgehead atoms. The Bertz CT molecular complexity index is 220. The zero-order valence-corrected chi connectivity index (χ0v) is 9.62. The van der Waals surface area contributed by atoms with Crippen LogP contribution in [-0.2, 0) is 4.79 Å². The second-order valence-electron chi connectivity index (χ2n) is 4.01. The minimum Gasteiger partial charge on any atom is -0.355 e. The lowest BCUT2D eigenvalue weighted by molar-refractivity contribution is -0.124. The first-order valence-corrected chi connectivity index (χ1v) is 5.48. The molecular formula is C11H21N3O. The smallest absolute Gasteiger partial charge is 0.222 e. The molecule has 0 rings (SSSR count). The third-order valence-electron chi connectivity index (χ3n) is 2.28. The summed E-state index contributed by atoms with van der Waals surface area (Å²) in [5, 5.41) is 11.0. The predicted octanol–water partition coefficient (Wildman–Crippen LogP) is 1.17. The van der Waals surface area contributed by atoms with Gasteiger partial charge in [0.25, 0.3) is 0 Å². The highest BCUT2D eigenvalue weighted by Gasteiger charge is 2.11. The van der Waals surface area contributed by atoms with Crippen molar-refractivity contribution in [2.24, 2.45) is 11.7 Å².